The number of amides is 1. The van der Waals surface area contributed by atoms with Crippen LogP contribution in [0.4, 0.5) is 0 Å². The molecule has 4 rings (SSSR count). The van der Waals surface area contributed by atoms with Crippen LogP contribution in [-0.4, -0.2) is 56.3 Å². The van der Waals surface area contributed by atoms with Gasteiger partial charge in [-0.1, -0.05) is 18.2 Å². The molecule has 156 valence electrons. The summed E-state index contributed by atoms with van der Waals surface area (Å²) in [6, 6.07) is 10.7. The minimum absolute atomic E-state index is 0.0509. The number of benzene rings is 1. The van der Waals surface area contributed by atoms with Crippen LogP contribution in [0.1, 0.15) is 23.3 Å². The molecule has 0 bridgehead atoms. The van der Waals surface area contributed by atoms with Crippen molar-refractivity contribution in [2.45, 2.75) is 30.7 Å². The summed E-state index contributed by atoms with van der Waals surface area (Å²) in [5, 5.41) is 5.21. The fraction of sp³-hybridized carbons (Fsp3) is 0.476. The summed E-state index contributed by atoms with van der Waals surface area (Å²) in [6.45, 7) is 4.28. The van der Waals surface area contributed by atoms with Gasteiger partial charge in [0.1, 0.15) is 0 Å². The van der Waals surface area contributed by atoms with E-state index < -0.39 is 10.0 Å². The van der Waals surface area contributed by atoms with Crippen molar-refractivity contribution in [3.05, 3.63) is 52.2 Å². The lowest BCUT2D eigenvalue weighted by atomic mass is 9.97. The van der Waals surface area contributed by atoms with E-state index >= 15 is 0 Å². The standard InChI is InChI=1S/C21H27N3O3S2/c25-21(22-10-14-23-11-8-20-18(16-23)9-15-28-20)17-6-12-24(13-7-17)29(26,27)19-4-2-1-3-5-19/h1-5,9,15,17H,6-8,10-14,16H2,(H,22,25). The Hall–Kier alpha value is -1.74. The SMILES string of the molecule is O=C(NCCN1CCc2sccc2C1)C1CCN(S(=O)(=O)c2ccccc2)CC1. The Balaban J connectivity index is 1.21. The molecule has 1 amide bonds. The number of carbonyl (C=O) groups is 1. The van der Waals surface area contributed by atoms with Crippen molar-refractivity contribution in [3.8, 4) is 0 Å². The number of thiophene rings is 1. The second kappa shape index (κ2) is 8.95. The van der Waals surface area contributed by atoms with E-state index in [0.29, 0.717) is 37.4 Å². The Kier molecular flexibility index (Phi) is 6.34. The fourth-order valence-corrected chi connectivity index (χ4v) is 6.46. The van der Waals surface area contributed by atoms with Crippen molar-refractivity contribution in [1.29, 1.82) is 0 Å². The largest absolute Gasteiger partial charge is 0.355 e. The van der Waals surface area contributed by atoms with Gasteiger partial charge in [0.25, 0.3) is 0 Å². The maximum Gasteiger partial charge on any atom is 0.243 e. The summed E-state index contributed by atoms with van der Waals surface area (Å²) in [7, 11) is -3.47. The van der Waals surface area contributed by atoms with E-state index in [-0.39, 0.29) is 11.8 Å². The molecule has 0 spiro atoms. The van der Waals surface area contributed by atoms with Crippen molar-refractivity contribution in [3.63, 3.8) is 0 Å². The second-order valence-corrected chi connectivity index (χ2v) is 10.6. The monoisotopic (exact) mass is 433 g/mol. The lowest BCUT2D eigenvalue weighted by molar-refractivity contribution is -0.126. The van der Waals surface area contributed by atoms with Crippen molar-refractivity contribution in [2.75, 3.05) is 32.7 Å². The first-order chi connectivity index (χ1) is 14.0. The van der Waals surface area contributed by atoms with Gasteiger partial charge < -0.3 is 5.32 Å². The average Bonchev–Trinajstić information content (AvgIpc) is 3.22. The molecule has 2 aromatic rings. The Morgan fingerprint density at radius 1 is 1.10 bits per heavy atom. The number of piperidine rings is 1. The molecule has 29 heavy (non-hydrogen) atoms. The maximum atomic E-state index is 12.7. The van der Waals surface area contributed by atoms with E-state index in [2.05, 4.69) is 21.7 Å². The highest BCUT2D eigenvalue weighted by atomic mass is 32.2. The zero-order valence-electron chi connectivity index (χ0n) is 16.4. The van der Waals surface area contributed by atoms with Crippen LogP contribution in [0.25, 0.3) is 0 Å². The lowest BCUT2D eigenvalue weighted by Crippen LogP contribution is -2.44. The molecule has 1 aromatic carbocycles. The van der Waals surface area contributed by atoms with Crippen LogP contribution < -0.4 is 5.32 Å². The van der Waals surface area contributed by atoms with Gasteiger partial charge in [-0.25, -0.2) is 8.42 Å². The van der Waals surface area contributed by atoms with E-state index in [1.165, 1.54) is 14.7 Å². The van der Waals surface area contributed by atoms with Gasteiger partial charge in [0.05, 0.1) is 4.90 Å². The van der Waals surface area contributed by atoms with Gasteiger partial charge >= 0.3 is 0 Å². The molecule has 3 heterocycles. The van der Waals surface area contributed by atoms with E-state index in [1.54, 1.807) is 30.3 Å². The highest BCUT2D eigenvalue weighted by Crippen LogP contribution is 2.25. The summed E-state index contributed by atoms with van der Waals surface area (Å²) < 4.78 is 26.9. The fourth-order valence-electron chi connectivity index (χ4n) is 4.08. The van der Waals surface area contributed by atoms with Crippen LogP contribution in [0.3, 0.4) is 0 Å². The quantitative estimate of drug-likeness (QED) is 0.759. The maximum absolute atomic E-state index is 12.7. The highest BCUT2D eigenvalue weighted by Gasteiger charge is 2.32. The highest BCUT2D eigenvalue weighted by molar-refractivity contribution is 7.89. The van der Waals surface area contributed by atoms with Crippen LogP contribution in [0, 0.1) is 5.92 Å². The number of fused-ring (bicyclic) bond motifs is 1. The van der Waals surface area contributed by atoms with Crippen molar-refractivity contribution < 1.29 is 13.2 Å². The van der Waals surface area contributed by atoms with Crippen LogP contribution in [0.5, 0.6) is 0 Å². The van der Waals surface area contributed by atoms with Crippen LogP contribution in [0.2, 0.25) is 0 Å². The Labute approximate surface area is 176 Å². The first kappa shape index (κ1) is 20.5. The first-order valence-corrected chi connectivity index (χ1v) is 12.5. The number of nitrogens with one attached hydrogen (secondary N) is 1. The van der Waals surface area contributed by atoms with Gasteiger partial charge in [0, 0.05) is 50.1 Å². The van der Waals surface area contributed by atoms with Crippen LogP contribution >= 0.6 is 11.3 Å². The van der Waals surface area contributed by atoms with Gasteiger partial charge in [-0.15, -0.1) is 11.3 Å². The molecular formula is C21H27N3O3S2. The molecule has 0 atom stereocenters. The molecule has 0 aliphatic carbocycles. The number of rotatable bonds is 6. The second-order valence-electron chi connectivity index (χ2n) is 7.68. The molecule has 2 aliphatic rings. The average molecular weight is 434 g/mol. The molecular weight excluding hydrogens is 406 g/mol. The first-order valence-electron chi connectivity index (χ1n) is 10.1. The van der Waals surface area contributed by atoms with E-state index in [4.69, 9.17) is 0 Å². The molecule has 0 saturated carbocycles. The predicted molar refractivity (Wildman–Crippen MR) is 114 cm³/mol. The minimum atomic E-state index is -3.47. The zero-order chi connectivity index (χ0) is 20.3. The van der Waals surface area contributed by atoms with E-state index in [1.807, 2.05) is 11.3 Å². The van der Waals surface area contributed by atoms with Crippen molar-refractivity contribution in [2.24, 2.45) is 5.92 Å². The Morgan fingerprint density at radius 3 is 2.62 bits per heavy atom. The number of sulfonamides is 1. The lowest BCUT2D eigenvalue weighted by Gasteiger charge is -2.31. The number of hydrogen-bond acceptors (Lipinski definition) is 5. The van der Waals surface area contributed by atoms with Gasteiger partial charge in [-0.05, 0) is 48.4 Å². The van der Waals surface area contributed by atoms with Crippen molar-refractivity contribution in [1.82, 2.24) is 14.5 Å². The third kappa shape index (κ3) is 4.71. The van der Waals surface area contributed by atoms with Crippen LogP contribution in [0.15, 0.2) is 46.7 Å². The molecule has 1 N–H and O–H groups in total. The van der Waals surface area contributed by atoms with Crippen molar-refractivity contribution >= 4 is 27.3 Å². The molecule has 1 saturated heterocycles. The minimum Gasteiger partial charge on any atom is -0.355 e. The predicted octanol–water partition coefficient (Wildman–Crippen LogP) is 2.32. The number of nitrogens with zero attached hydrogens (tertiary/aromatic N) is 2. The Bertz CT molecular complexity index is 935. The zero-order valence-corrected chi connectivity index (χ0v) is 18.1. The third-order valence-electron chi connectivity index (χ3n) is 5.82. The molecule has 8 heteroatoms. The molecule has 2 aliphatic heterocycles. The summed E-state index contributed by atoms with van der Waals surface area (Å²) in [5.41, 5.74) is 1.42. The van der Waals surface area contributed by atoms with Gasteiger partial charge in [-0.3, -0.25) is 9.69 Å². The summed E-state index contributed by atoms with van der Waals surface area (Å²) in [6.07, 6.45) is 2.23. The van der Waals surface area contributed by atoms with E-state index in [0.717, 1.165) is 26.1 Å². The molecule has 6 nitrogen and oxygen atoms in total. The molecule has 0 radical (unpaired) electrons. The van der Waals surface area contributed by atoms with Gasteiger partial charge in [0.15, 0.2) is 0 Å². The molecule has 1 fully saturated rings. The number of hydrogen-bond donors (Lipinski definition) is 1. The van der Waals surface area contributed by atoms with Gasteiger partial charge in [0.2, 0.25) is 15.9 Å². The summed E-state index contributed by atoms with van der Waals surface area (Å²) in [5.74, 6) is -0.0583. The van der Waals surface area contributed by atoms with Crippen LogP contribution in [-0.2, 0) is 27.8 Å². The van der Waals surface area contributed by atoms with E-state index in [9.17, 15) is 13.2 Å². The Morgan fingerprint density at radius 2 is 1.86 bits per heavy atom. The molecule has 0 unspecified atom stereocenters. The normalized spacial score (nSPS) is 19.0. The van der Waals surface area contributed by atoms with Gasteiger partial charge in [-0.2, -0.15) is 4.31 Å². The topological polar surface area (TPSA) is 69.7 Å². The number of carbonyl (C=O) groups excluding carboxylic acids is 1. The summed E-state index contributed by atoms with van der Waals surface area (Å²) in [4.78, 5) is 16.7. The third-order valence-corrected chi connectivity index (χ3v) is 8.76. The summed E-state index contributed by atoms with van der Waals surface area (Å²) >= 11 is 1.83. The molecule has 1 aromatic heterocycles. The smallest absolute Gasteiger partial charge is 0.243 e.